The number of thioether (sulfide) groups is 1. The van der Waals surface area contributed by atoms with E-state index >= 15 is 0 Å². The van der Waals surface area contributed by atoms with Gasteiger partial charge in [-0.3, -0.25) is 4.79 Å². The molecule has 0 saturated heterocycles. The fourth-order valence-electron chi connectivity index (χ4n) is 3.82. The Balaban J connectivity index is 1.84. The molecule has 0 saturated carbocycles. The van der Waals surface area contributed by atoms with Gasteiger partial charge in [0, 0.05) is 11.4 Å². The monoisotopic (exact) mass is 483 g/mol. The second-order valence-corrected chi connectivity index (χ2v) is 10.6. The van der Waals surface area contributed by atoms with E-state index in [-0.39, 0.29) is 16.3 Å². The minimum absolute atomic E-state index is 0.00295. The van der Waals surface area contributed by atoms with E-state index in [1.807, 2.05) is 25.3 Å². The summed E-state index contributed by atoms with van der Waals surface area (Å²) in [4.78, 5) is 15.0. The summed E-state index contributed by atoms with van der Waals surface area (Å²) >= 11 is 1.53. The number of hydrogen-bond acceptors (Lipinski definition) is 5. The highest BCUT2D eigenvalue weighted by molar-refractivity contribution is 7.98. The summed E-state index contributed by atoms with van der Waals surface area (Å²) in [5.41, 5.74) is 2.05. The van der Waals surface area contributed by atoms with Gasteiger partial charge >= 0.3 is 0 Å². The molecule has 3 aromatic rings. The molecule has 0 bridgehead atoms. The fourth-order valence-corrected chi connectivity index (χ4v) is 5.87. The number of carbonyl (C=O) groups is 1. The fraction of sp³-hybridized carbons (Fsp3) is 0.160. The van der Waals surface area contributed by atoms with Crippen molar-refractivity contribution in [2.75, 3.05) is 6.26 Å². The zero-order valence-corrected chi connectivity index (χ0v) is 19.7. The molecule has 3 aromatic carbocycles. The lowest BCUT2D eigenvalue weighted by Gasteiger charge is -2.27. The van der Waals surface area contributed by atoms with Gasteiger partial charge in [-0.15, -0.1) is 11.8 Å². The van der Waals surface area contributed by atoms with Gasteiger partial charge in [-0.1, -0.05) is 42.0 Å². The van der Waals surface area contributed by atoms with Crippen molar-refractivity contribution in [3.05, 3.63) is 106 Å². The molecule has 8 heteroatoms. The number of sulfone groups is 1. The Morgan fingerprint density at radius 1 is 0.970 bits per heavy atom. The summed E-state index contributed by atoms with van der Waals surface area (Å²) in [5, 5.41) is 10.8. The highest BCUT2D eigenvalue weighted by atomic mass is 32.2. The molecule has 33 heavy (non-hydrogen) atoms. The Morgan fingerprint density at radius 2 is 1.58 bits per heavy atom. The minimum Gasteiger partial charge on any atom is -0.502 e. The third-order valence-electron chi connectivity index (χ3n) is 5.58. The van der Waals surface area contributed by atoms with Gasteiger partial charge < -0.3 is 10.0 Å². The molecule has 1 aliphatic heterocycles. The van der Waals surface area contributed by atoms with E-state index in [9.17, 15) is 22.7 Å². The van der Waals surface area contributed by atoms with E-state index in [0.717, 1.165) is 10.5 Å². The molecule has 5 nitrogen and oxygen atoms in total. The molecule has 0 spiro atoms. The lowest BCUT2D eigenvalue weighted by atomic mass is 10.1. The quantitative estimate of drug-likeness (QED) is 0.489. The summed E-state index contributed by atoms with van der Waals surface area (Å²) in [5.74, 6) is -2.00. The number of aliphatic hydroxyl groups excluding tert-OH is 1. The molecular weight excluding hydrogens is 461 g/mol. The largest absolute Gasteiger partial charge is 0.502 e. The number of halogens is 1. The topological polar surface area (TPSA) is 74.7 Å². The Morgan fingerprint density at radius 3 is 2.15 bits per heavy atom. The lowest BCUT2D eigenvalue weighted by Crippen LogP contribution is -2.30. The third kappa shape index (κ3) is 4.41. The molecule has 1 atom stereocenters. The van der Waals surface area contributed by atoms with Gasteiger partial charge in [-0.2, -0.15) is 0 Å². The van der Waals surface area contributed by atoms with Crippen molar-refractivity contribution < 1.29 is 22.7 Å². The number of aryl methyl sites for hydroxylation is 1. The maximum Gasteiger partial charge on any atom is 0.290 e. The van der Waals surface area contributed by atoms with Crippen LogP contribution in [0.3, 0.4) is 0 Å². The first kappa shape index (κ1) is 23.1. The van der Waals surface area contributed by atoms with Crippen molar-refractivity contribution in [1.82, 2.24) is 4.90 Å². The summed E-state index contributed by atoms with van der Waals surface area (Å²) in [6.07, 6.45) is 1.92. The first-order valence-electron chi connectivity index (χ1n) is 10.2. The average molecular weight is 484 g/mol. The van der Waals surface area contributed by atoms with Crippen LogP contribution in [0.1, 0.15) is 22.7 Å². The van der Waals surface area contributed by atoms with Crippen LogP contribution >= 0.6 is 11.8 Å². The van der Waals surface area contributed by atoms with E-state index in [4.69, 9.17) is 0 Å². The van der Waals surface area contributed by atoms with Crippen LogP contribution in [0.4, 0.5) is 4.39 Å². The Bertz CT molecular complexity index is 1320. The molecule has 0 radical (unpaired) electrons. The van der Waals surface area contributed by atoms with Crippen molar-refractivity contribution in [3.63, 3.8) is 0 Å². The second kappa shape index (κ2) is 9.03. The van der Waals surface area contributed by atoms with Crippen LogP contribution in [0, 0.1) is 12.7 Å². The van der Waals surface area contributed by atoms with Crippen LogP contribution in [0.5, 0.6) is 0 Å². The lowest BCUT2D eigenvalue weighted by molar-refractivity contribution is -0.130. The van der Waals surface area contributed by atoms with Gasteiger partial charge in [-0.05, 0) is 60.7 Å². The van der Waals surface area contributed by atoms with E-state index in [1.165, 1.54) is 53.1 Å². The molecule has 0 aromatic heterocycles. The molecule has 1 aliphatic rings. The molecule has 170 valence electrons. The Hall–Kier alpha value is -3.10. The van der Waals surface area contributed by atoms with E-state index in [2.05, 4.69) is 0 Å². The number of aliphatic hydroxyl groups is 1. The van der Waals surface area contributed by atoms with Gasteiger partial charge in [0.25, 0.3) is 5.91 Å². The Labute approximate surface area is 196 Å². The molecule has 0 aliphatic carbocycles. The number of benzene rings is 3. The minimum atomic E-state index is -4.18. The maximum atomic E-state index is 13.6. The van der Waals surface area contributed by atoms with Crippen molar-refractivity contribution >= 4 is 27.5 Å². The molecule has 0 fully saturated rings. The molecular formula is C25H22FNO4S2. The highest BCUT2D eigenvalue weighted by Crippen LogP contribution is 2.43. The van der Waals surface area contributed by atoms with Gasteiger partial charge in [0.15, 0.2) is 5.76 Å². The molecule has 1 N–H and O–H groups in total. The second-order valence-electron chi connectivity index (χ2n) is 7.76. The van der Waals surface area contributed by atoms with Crippen LogP contribution in [0.25, 0.3) is 0 Å². The zero-order valence-electron chi connectivity index (χ0n) is 18.0. The first-order chi connectivity index (χ1) is 15.7. The van der Waals surface area contributed by atoms with Crippen LogP contribution in [-0.4, -0.2) is 30.6 Å². The normalized spacial score (nSPS) is 16.5. The van der Waals surface area contributed by atoms with Gasteiger partial charge in [0.05, 0.1) is 10.9 Å². The van der Waals surface area contributed by atoms with Crippen LogP contribution in [0.2, 0.25) is 0 Å². The smallest absolute Gasteiger partial charge is 0.290 e. The van der Waals surface area contributed by atoms with E-state index in [1.54, 1.807) is 24.3 Å². The standard InChI is InChI=1S/C25H22FNO4S2/c1-16-3-13-21(14-4-16)33(30,31)24-22(18-7-11-20(32-2)12-8-18)27(25(29)23(24)28)15-17-5-9-19(26)10-6-17/h3-14,22,28H,15H2,1-2H3. The number of carbonyl (C=O) groups excluding carboxylic acids is 1. The van der Waals surface area contributed by atoms with Crippen LogP contribution in [0.15, 0.2) is 93.3 Å². The zero-order chi connectivity index (χ0) is 23.8. The van der Waals surface area contributed by atoms with Gasteiger partial charge in [0.1, 0.15) is 10.7 Å². The van der Waals surface area contributed by atoms with E-state index in [0.29, 0.717) is 11.1 Å². The predicted octanol–water partition coefficient (Wildman–Crippen LogP) is 5.18. The maximum absolute atomic E-state index is 13.6. The van der Waals surface area contributed by atoms with Crippen LogP contribution in [-0.2, 0) is 21.2 Å². The average Bonchev–Trinajstić information content (AvgIpc) is 3.06. The number of amides is 1. The van der Waals surface area contributed by atoms with Crippen molar-refractivity contribution in [2.24, 2.45) is 0 Å². The predicted molar refractivity (Wildman–Crippen MR) is 126 cm³/mol. The number of hydrogen-bond donors (Lipinski definition) is 1. The summed E-state index contributed by atoms with van der Waals surface area (Å²) in [6, 6.07) is 18.0. The van der Waals surface area contributed by atoms with Crippen LogP contribution < -0.4 is 0 Å². The third-order valence-corrected chi connectivity index (χ3v) is 8.21. The molecule has 1 unspecified atom stereocenters. The number of rotatable bonds is 6. The van der Waals surface area contributed by atoms with Gasteiger partial charge in [-0.25, -0.2) is 12.8 Å². The molecule has 4 rings (SSSR count). The summed E-state index contributed by atoms with van der Waals surface area (Å²) < 4.78 is 40.6. The Kier molecular flexibility index (Phi) is 6.32. The SMILES string of the molecule is CSc1ccc(C2C(S(=O)(=O)c3ccc(C)cc3)=C(O)C(=O)N2Cc2ccc(F)cc2)cc1. The van der Waals surface area contributed by atoms with Gasteiger partial charge in [0.2, 0.25) is 9.84 Å². The van der Waals surface area contributed by atoms with Crippen molar-refractivity contribution in [1.29, 1.82) is 0 Å². The summed E-state index contributed by atoms with van der Waals surface area (Å²) in [6.45, 7) is 1.85. The summed E-state index contributed by atoms with van der Waals surface area (Å²) in [7, 11) is -4.18. The van der Waals surface area contributed by atoms with Crippen molar-refractivity contribution in [2.45, 2.75) is 29.3 Å². The van der Waals surface area contributed by atoms with Crippen molar-refractivity contribution in [3.8, 4) is 0 Å². The highest BCUT2D eigenvalue weighted by Gasteiger charge is 2.46. The first-order valence-corrected chi connectivity index (χ1v) is 12.9. The molecule has 1 amide bonds. The van der Waals surface area contributed by atoms with E-state index < -0.39 is 33.4 Å². The number of nitrogens with zero attached hydrogens (tertiary/aromatic N) is 1. The molecule has 1 heterocycles.